The molecule has 1 atom stereocenters. The average Bonchev–Trinajstić information content (AvgIpc) is 3.45. The zero-order chi connectivity index (χ0) is 20.1. The van der Waals surface area contributed by atoms with Gasteiger partial charge in [-0.2, -0.15) is 0 Å². The highest BCUT2D eigenvalue weighted by atomic mass is 16.5. The number of carbonyl (C=O) groups excluding carboxylic acids is 2. The van der Waals surface area contributed by atoms with Crippen molar-refractivity contribution in [3.63, 3.8) is 0 Å². The largest absolute Gasteiger partial charge is 0.490 e. The van der Waals surface area contributed by atoms with Gasteiger partial charge in [-0.25, -0.2) is 0 Å². The van der Waals surface area contributed by atoms with Crippen molar-refractivity contribution in [2.45, 2.75) is 45.2 Å². The van der Waals surface area contributed by atoms with Crippen molar-refractivity contribution in [1.82, 2.24) is 15.5 Å². The molecule has 1 aliphatic heterocycles. The van der Waals surface area contributed by atoms with Gasteiger partial charge in [-0.3, -0.25) is 14.5 Å². The fraction of sp³-hybridized carbons (Fsp3) is 0.619. The molecule has 2 N–H and O–H groups in total. The lowest BCUT2D eigenvalue weighted by Gasteiger charge is -2.25. The highest BCUT2D eigenvalue weighted by molar-refractivity contribution is 5.81. The lowest BCUT2D eigenvalue weighted by molar-refractivity contribution is -0.125. The minimum absolute atomic E-state index is 0.0267. The topological polar surface area (TPSA) is 79.9 Å². The third kappa shape index (κ3) is 5.86. The van der Waals surface area contributed by atoms with E-state index < -0.39 is 0 Å². The van der Waals surface area contributed by atoms with Crippen LogP contribution in [0.15, 0.2) is 18.2 Å². The van der Waals surface area contributed by atoms with Gasteiger partial charge in [0, 0.05) is 12.5 Å². The molecular weight excluding hydrogens is 358 g/mol. The Kier molecular flexibility index (Phi) is 6.78. The van der Waals surface area contributed by atoms with Gasteiger partial charge in [-0.15, -0.1) is 0 Å². The fourth-order valence-electron chi connectivity index (χ4n) is 3.27. The van der Waals surface area contributed by atoms with Crippen molar-refractivity contribution in [3.05, 3.63) is 23.8 Å². The van der Waals surface area contributed by atoms with Crippen LogP contribution in [0.1, 0.15) is 44.7 Å². The van der Waals surface area contributed by atoms with Crippen molar-refractivity contribution in [2.24, 2.45) is 5.92 Å². The maximum absolute atomic E-state index is 12.6. The van der Waals surface area contributed by atoms with E-state index in [1.54, 1.807) is 11.9 Å². The first-order valence-corrected chi connectivity index (χ1v) is 10.1. The van der Waals surface area contributed by atoms with Crippen molar-refractivity contribution < 1.29 is 19.1 Å². The SMILES string of the molecule is CC(C)[C@H](NC(=O)CN(C)CC(=O)NC1CC1)c1ccc2c(c1)OCCCO2. The van der Waals surface area contributed by atoms with Gasteiger partial charge >= 0.3 is 0 Å². The first kappa shape index (κ1) is 20.5. The summed E-state index contributed by atoms with van der Waals surface area (Å²) in [5.74, 6) is 1.55. The maximum Gasteiger partial charge on any atom is 0.234 e. The van der Waals surface area contributed by atoms with Crippen LogP contribution < -0.4 is 20.1 Å². The molecule has 7 nitrogen and oxygen atoms in total. The summed E-state index contributed by atoms with van der Waals surface area (Å²) >= 11 is 0. The quantitative estimate of drug-likeness (QED) is 0.710. The third-order valence-electron chi connectivity index (χ3n) is 4.88. The van der Waals surface area contributed by atoms with Gasteiger partial charge in [0.15, 0.2) is 11.5 Å². The number of rotatable bonds is 8. The number of hydrogen-bond acceptors (Lipinski definition) is 5. The Morgan fingerprint density at radius 1 is 1.11 bits per heavy atom. The number of amides is 2. The second-order valence-electron chi connectivity index (χ2n) is 8.06. The summed E-state index contributed by atoms with van der Waals surface area (Å²) in [4.78, 5) is 26.2. The number of nitrogens with zero attached hydrogens (tertiary/aromatic N) is 1. The standard InChI is InChI=1S/C21H31N3O4/c1-14(2)21(15-5-8-17-18(11-15)28-10-4-9-27-17)23-20(26)13-24(3)12-19(25)22-16-6-7-16/h5,8,11,14,16,21H,4,6-7,9-10,12-13H2,1-3H3,(H,22,25)(H,23,26)/t21-/m0/s1. The van der Waals surface area contributed by atoms with E-state index in [-0.39, 0.29) is 36.9 Å². The molecule has 0 aromatic heterocycles. The van der Waals surface area contributed by atoms with Crippen LogP contribution in [0.2, 0.25) is 0 Å². The Morgan fingerprint density at radius 3 is 2.46 bits per heavy atom. The average molecular weight is 389 g/mol. The Labute approximate surface area is 166 Å². The number of hydrogen-bond donors (Lipinski definition) is 2. The molecule has 0 radical (unpaired) electrons. The molecule has 1 fully saturated rings. The van der Waals surface area contributed by atoms with Crippen molar-refractivity contribution in [2.75, 3.05) is 33.4 Å². The monoisotopic (exact) mass is 389 g/mol. The molecule has 1 saturated carbocycles. The molecule has 2 aliphatic rings. The molecule has 154 valence electrons. The van der Waals surface area contributed by atoms with Gasteiger partial charge in [-0.05, 0) is 43.5 Å². The molecule has 2 amide bonds. The summed E-state index contributed by atoms with van der Waals surface area (Å²) in [5.41, 5.74) is 0.988. The summed E-state index contributed by atoms with van der Waals surface area (Å²) in [6.07, 6.45) is 2.97. The predicted molar refractivity (Wildman–Crippen MR) is 106 cm³/mol. The molecule has 1 aromatic carbocycles. The van der Waals surface area contributed by atoms with Crippen molar-refractivity contribution in [3.8, 4) is 11.5 Å². The lowest BCUT2D eigenvalue weighted by Crippen LogP contribution is -2.42. The molecule has 1 heterocycles. The van der Waals surface area contributed by atoms with E-state index in [9.17, 15) is 9.59 Å². The minimum Gasteiger partial charge on any atom is -0.490 e. The molecular formula is C21H31N3O4. The molecule has 0 spiro atoms. The predicted octanol–water partition coefficient (Wildman–Crippen LogP) is 1.87. The summed E-state index contributed by atoms with van der Waals surface area (Å²) in [7, 11) is 1.78. The second kappa shape index (κ2) is 9.28. The van der Waals surface area contributed by atoms with E-state index in [0.717, 1.165) is 36.3 Å². The van der Waals surface area contributed by atoms with Crippen LogP contribution in [0.3, 0.4) is 0 Å². The van der Waals surface area contributed by atoms with E-state index in [0.29, 0.717) is 19.3 Å². The summed E-state index contributed by atoms with van der Waals surface area (Å²) < 4.78 is 11.5. The second-order valence-corrected chi connectivity index (χ2v) is 8.06. The van der Waals surface area contributed by atoms with Gasteiger partial charge in [0.25, 0.3) is 0 Å². The van der Waals surface area contributed by atoms with Gasteiger partial charge in [0.1, 0.15) is 0 Å². The van der Waals surface area contributed by atoms with Gasteiger partial charge in [-0.1, -0.05) is 19.9 Å². The first-order valence-electron chi connectivity index (χ1n) is 10.1. The normalized spacial score (nSPS) is 17.2. The number of benzene rings is 1. The Bertz CT molecular complexity index is 703. The molecule has 0 unspecified atom stereocenters. The fourth-order valence-corrected chi connectivity index (χ4v) is 3.27. The smallest absolute Gasteiger partial charge is 0.234 e. The molecule has 7 heteroatoms. The van der Waals surface area contributed by atoms with Crippen molar-refractivity contribution in [1.29, 1.82) is 0 Å². The van der Waals surface area contributed by atoms with E-state index in [4.69, 9.17) is 9.47 Å². The molecule has 28 heavy (non-hydrogen) atoms. The summed E-state index contributed by atoms with van der Waals surface area (Å²) in [6.45, 7) is 5.81. The van der Waals surface area contributed by atoms with Crippen LogP contribution in [0.25, 0.3) is 0 Å². The van der Waals surface area contributed by atoms with E-state index >= 15 is 0 Å². The Hall–Kier alpha value is -2.28. The van der Waals surface area contributed by atoms with E-state index in [1.165, 1.54) is 0 Å². The third-order valence-corrected chi connectivity index (χ3v) is 4.88. The summed E-state index contributed by atoms with van der Waals surface area (Å²) in [6, 6.07) is 6.04. The van der Waals surface area contributed by atoms with Crippen LogP contribution in [-0.2, 0) is 9.59 Å². The first-order chi connectivity index (χ1) is 13.4. The number of fused-ring (bicyclic) bond motifs is 1. The van der Waals surface area contributed by atoms with Crippen LogP contribution >= 0.6 is 0 Å². The summed E-state index contributed by atoms with van der Waals surface area (Å²) in [5, 5.41) is 6.04. The number of ether oxygens (including phenoxy) is 2. The van der Waals surface area contributed by atoms with Crippen LogP contribution in [0, 0.1) is 5.92 Å². The van der Waals surface area contributed by atoms with Crippen LogP contribution in [0.5, 0.6) is 11.5 Å². The molecule has 0 saturated heterocycles. The highest BCUT2D eigenvalue weighted by Crippen LogP contribution is 2.34. The number of nitrogens with one attached hydrogen (secondary N) is 2. The Morgan fingerprint density at radius 2 is 1.79 bits per heavy atom. The highest BCUT2D eigenvalue weighted by Gasteiger charge is 2.25. The lowest BCUT2D eigenvalue weighted by atomic mass is 9.95. The van der Waals surface area contributed by atoms with Crippen molar-refractivity contribution >= 4 is 11.8 Å². The zero-order valence-corrected chi connectivity index (χ0v) is 17.0. The molecule has 1 aliphatic carbocycles. The maximum atomic E-state index is 12.6. The zero-order valence-electron chi connectivity index (χ0n) is 17.0. The van der Waals surface area contributed by atoms with E-state index in [2.05, 4.69) is 24.5 Å². The van der Waals surface area contributed by atoms with Crippen LogP contribution in [0.4, 0.5) is 0 Å². The van der Waals surface area contributed by atoms with Gasteiger partial charge in [0.2, 0.25) is 11.8 Å². The van der Waals surface area contributed by atoms with Gasteiger partial charge in [0.05, 0.1) is 32.3 Å². The minimum atomic E-state index is -0.140. The van der Waals surface area contributed by atoms with Crippen LogP contribution in [-0.4, -0.2) is 56.1 Å². The number of carbonyl (C=O) groups is 2. The van der Waals surface area contributed by atoms with Gasteiger partial charge < -0.3 is 20.1 Å². The molecule has 1 aromatic rings. The Balaban J connectivity index is 1.58. The van der Waals surface area contributed by atoms with E-state index in [1.807, 2.05) is 18.2 Å². The number of likely N-dealkylation sites (N-methyl/N-ethyl adjacent to an activating group) is 1. The molecule has 3 rings (SSSR count). The molecule has 0 bridgehead atoms.